The fraction of sp³-hybridized carbons (Fsp3) is 0.0476. The molecule has 1 amide bonds. The van der Waals surface area contributed by atoms with Crippen LogP contribution in [0.15, 0.2) is 83.9 Å². The number of hydrogen-bond donors (Lipinski definition) is 1. The minimum Gasteiger partial charge on any atom is -0.307 e. The van der Waals surface area contributed by atoms with Crippen molar-refractivity contribution < 1.29 is 6.22 Å². The third-order valence-electron chi connectivity index (χ3n) is 4.21. The van der Waals surface area contributed by atoms with Crippen molar-refractivity contribution in [2.45, 2.75) is 0 Å². The molecular weight excluding hydrogens is 324 g/mol. The Bertz CT molecular complexity index is 988. The molecule has 0 bridgehead atoms. The normalized spacial score (nSPS) is 13.3. The summed E-state index contributed by atoms with van der Waals surface area (Å²) in [6, 6.07) is 16.3. The standard InChI is InChI=1S/C21H17N4O.H2/c1-22-20(24-21(26)18-6-7-18)17-4-2-15(3-5-17)16-8-10-19(11-9-16)25-13-12-23-14-25;/h2-14H,1H3,(H,22,24,26);1H. The zero-order chi connectivity index (χ0) is 17.9. The average Bonchev–Trinajstić information content (AvgIpc) is 3.41. The Morgan fingerprint density at radius 1 is 1.08 bits per heavy atom. The maximum atomic E-state index is 11.9. The van der Waals surface area contributed by atoms with Gasteiger partial charge in [0.25, 0.3) is 5.91 Å². The third kappa shape index (κ3) is 3.32. The second kappa shape index (κ2) is 6.80. The number of nitrogens with zero attached hydrogens (tertiary/aromatic N) is 3. The molecule has 1 aliphatic carbocycles. The fourth-order valence-corrected chi connectivity index (χ4v) is 2.69. The van der Waals surface area contributed by atoms with Gasteiger partial charge in [0.05, 0.1) is 6.33 Å². The van der Waals surface area contributed by atoms with Gasteiger partial charge in [0, 0.05) is 44.1 Å². The Balaban J connectivity index is 0.00000210. The maximum Gasteiger partial charge on any atom is 0.253 e. The van der Waals surface area contributed by atoms with Crippen molar-refractivity contribution in [3.8, 4) is 16.8 Å². The molecule has 5 heteroatoms. The Kier molecular flexibility index (Phi) is 4.19. The number of nitrogens with one attached hydrogen (secondary N) is 1. The molecule has 0 atom stereocenters. The molecule has 1 aliphatic rings. The van der Waals surface area contributed by atoms with E-state index in [1.807, 2.05) is 35.0 Å². The number of hydrogen-bond acceptors (Lipinski definition) is 3. The average molecular weight is 343 g/mol. The van der Waals surface area contributed by atoms with Gasteiger partial charge in [-0.15, -0.1) is 0 Å². The summed E-state index contributed by atoms with van der Waals surface area (Å²) >= 11 is 0. The molecule has 1 heterocycles. The van der Waals surface area contributed by atoms with Gasteiger partial charge < -0.3 is 9.88 Å². The first-order valence-corrected chi connectivity index (χ1v) is 8.27. The lowest BCUT2D eigenvalue weighted by Gasteiger charge is -2.09. The van der Waals surface area contributed by atoms with E-state index in [4.69, 9.17) is 0 Å². The van der Waals surface area contributed by atoms with Gasteiger partial charge in [-0.2, -0.15) is 0 Å². The van der Waals surface area contributed by atoms with Crippen LogP contribution in [0.1, 0.15) is 6.99 Å². The van der Waals surface area contributed by atoms with E-state index in [2.05, 4.69) is 39.6 Å². The molecule has 0 aliphatic heterocycles. The van der Waals surface area contributed by atoms with Gasteiger partial charge in [0.2, 0.25) is 0 Å². The number of amides is 1. The van der Waals surface area contributed by atoms with Crippen LogP contribution in [0.2, 0.25) is 0 Å². The molecule has 0 spiro atoms. The van der Waals surface area contributed by atoms with Crippen molar-refractivity contribution in [3.63, 3.8) is 0 Å². The number of imidazole rings is 1. The predicted octanol–water partition coefficient (Wildman–Crippen LogP) is 3.42. The van der Waals surface area contributed by atoms with Gasteiger partial charge in [-0.1, -0.05) is 42.5 Å². The van der Waals surface area contributed by atoms with Crippen LogP contribution < -0.4 is 5.32 Å². The highest BCUT2D eigenvalue weighted by molar-refractivity contribution is 6.15. The first-order chi connectivity index (χ1) is 12.7. The molecular formula is C21H19N4O. The minimum absolute atomic E-state index is 0. The molecule has 26 heavy (non-hydrogen) atoms. The van der Waals surface area contributed by atoms with E-state index in [0.717, 1.165) is 22.4 Å². The largest absolute Gasteiger partial charge is 0.307 e. The molecule has 1 radical (unpaired) electrons. The van der Waals surface area contributed by atoms with Crippen LogP contribution in [-0.2, 0) is 4.79 Å². The van der Waals surface area contributed by atoms with Crippen LogP contribution in [0.25, 0.3) is 16.8 Å². The van der Waals surface area contributed by atoms with E-state index in [9.17, 15) is 4.79 Å². The number of rotatable bonds is 4. The Hall–Kier alpha value is -3.47. The summed E-state index contributed by atoms with van der Waals surface area (Å²) in [7, 11) is 1.67. The lowest BCUT2D eigenvalue weighted by atomic mass is 10.0. The monoisotopic (exact) mass is 343 g/mol. The highest BCUT2D eigenvalue weighted by atomic mass is 16.1. The van der Waals surface area contributed by atoms with Gasteiger partial charge in [0.15, 0.2) is 0 Å². The van der Waals surface area contributed by atoms with E-state index in [1.54, 1.807) is 32.1 Å². The molecule has 1 N–H and O–H groups in total. The first kappa shape index (κ1) is 16.0. The highest BCUT2D eigenvalue weighted by Gasteiger charge is 2.19. The summed E-state index contributed by atoms with van der Waals surface area (Å²) in [5, 5.41) is 2.83. The predicted molar refractivity (Wildman–Crippen MR) is 104 cm³/mol. The lowest BCUT2D eigenvalue weighted by Crippen LogP contribution is -2.30. The zero-order valence-corrected chi connectivity index (χ0v) is 14.3. The molecule has 0 saturated carbocycles. The number of benzene rings is 2. The fourth-order valence-electron chi connectivity index (χ4n) is 2.69. The lowest BCUT2D eigenvalue weighted by molar-refractivity contribution is -0.115. The Morgan fingerprint density at radius 3 is 2.27 bits per heavy atom. The van der Waals surface area contributed by atoms with Crippen molar-refractivity contribution in [2.75, 3.05) is 7.05 Å². The van der Waals surface area contributed by atoms with Crippen molar-refractivity contribution in [1.29, 1.82) is 0 Å². The van der Waals surface area contributed by atoms with Crippen LogP contribution in [0, 0.1) is 6.42 Å². The quantitative estimate of drug-likeness (QED) is 0.583. The van der Waals surface area contributed by atoms with Crippen LogP contribution >= 0.6 is 0 Å². The van der Waals surface area contributed by atoms with Crippen molar-refractivity contribution in [2.24, 2.45) is 4.99 Å². The third-order valence-corrected chi connectivity index (χ3v) is 4.21. The summed E-state index contributed by atoms with van der Waals surface area (Å²) in [5.74, 6) is 0.447. The Morgan fingerprint density at radius 2 is 1.73 bits per heavy atom. The van der Waals surface area contributed by atoms with Crippen molar-refractivity contribution in [1.82, 2.24) is 14.9 Å². The molecule has 0 unspecified atom stereocenters. The molecule has 0 fully saturated rings. The Labute approximate surface area is 153 Å². The molecule has 0 saturated heterocycles. The van der Waals surface area contributed by atoms with Crippen LogP contribution in [0.4, 0.5) is 0 Å². The molecule has 2 aromatic carbocycles. The highest BCUT2D eigenvalue weighted by Crippen LogP contribution is 2.22. The van der Waals surface area contributed by atoms with Gasteiger partial charge in [-0.05, 0) is 23.3 Å². The van der Waals surface area contributed by atoms with E-state index in [0.29, 0.717) is 11.4 Å². The summed E-state index contributed by atoms with van der Waals surface area (Å²) in [6.07, 6.45) is 9.01. The molecule has 3 aromatic rings. The van der Waals surface area contributed by atoms with Crippen LogP contribution in [0.5, 0.6) is 0 Å². The number of carbonyl (C=O) groups is 1. The second-order valence-electron chi connectivity index (χ2n) is 5.91. The number of aliphatic imine (C=N–C) groups is 1. The second-order valence-corrected chi connectivity index (χ2v) is 5.91. The number of carbonyl (C=O) groups excluding carboxylic acids is 1. The number of aromatic nitrogens is 2. The van der Waals surface area contributed by atoms with Gasteiger partial charge >= 0.3 is 0 Å². The molecule has 4 rings (SSSR count). The van der Waals surface area contributed by atoms with E-state index in [1.165, 1.54) is 0 Å². The summed E-state index contributed by atoms with van der Waals surface area (Å²) in [6.45, 7) is 0. The maximum absolute atomic E-state index is 11.9. The summed E-state index contributed by atoms with van der Waals surface area (Å²) in [5.41, 5.74) is 4.86. The number of allylic oxidation sites excluding steroid dienone is 1. The van der Waals surface area contributed by atoms with E-state index in [-0.39, 0.29) is 7.33 Å². The first-order valence-electron chi connectivity index (χ1n) is 8.27. The van der Waals surface area contributed by atoms with Gasteiger partial charge in [-0.25, -0.2) is 4.98 Å². The SMILES string of the molecule is CN=C(NC(=O)C1=C[CH]1)c1ccc(-c2ccc(-n3ccnc3)cc2)cc1.[HH]. The van der Waals surface area contributed by atoms with Crippen LogP contribution in [-0.4, -0.2) is 28.3 Å². The molecule has 5 nitrogen and oxygen atoms in total. The molecule has 1 aromatic heterocycles. The molecule has 129 valence electrons. The number of amidine groups is 1. The zero-order valence-electron chi connectivity index (χ0n) is 14.3. The van der Waals surface area contributed by atoms with Gasteiger partial charge in [-0.3, -0.25) is 9.79 Å². The van der Waals surface area contributed by atoms with Gasteiger partial charge in [0.1, 0.15) is 5.84 Å². The summed E-state index contributed by atoms with van der Waals surface area (Å²) < 4.78 is 1.96. The summed E-state index contributed by atoms with van der Waals surface area (Å²) in [4.78, 5) is 20.1. The smallest absolute Gasteiger partial charge is 0.253 e. The topological polar surface area (TPSA) is 59.3 Å². The van der Waals surface area contributed by atoms with E-state index >= 15 is 0 Å². The van der Waals surface area contributed by atoms with E-state index < -0.39 is 0 Å². The van der Waals surface area contributed by atoms with Crippen molar-refractivity contribution in [3.05, 3.63) is 90.9 Å². The minimum atomic E-state index is -0.121. The van der Waals surface area contributed by atoms with Crippen LogP contribution in [0.3, 0.4) is 0 Å². The van der Waals surface area contributed by atoms with Crippen molar-refractivity contribution >= 4 is 11.7 Å².